The van der Waals surface area contributed by atoms with E-state index in [1.165, 1.54) is 4.90 Å². The number of imide groups is 1. The first-order chi connectivity index (χ1) is 14.6. The number of carbonyl (C=O) groups excluding carboxylic acids is 2. The Balaban J connectivity index is 2.20. The van der Waals surface area contributed by atoms with Crippen molar-refractivity contribution in [1.82, 2.24) is 4.90 Å². The maximum absolute atomic E-state index is 13.5. The second-order valence-electron chi connectivity index (χ2n) is 9.09. The number of nitrogens with zero attached hydrogens (tertiary/aromatic N) is 2. The zero-order valence-corrected chi connectivity index (χ0v) is 19.0. The van der Waals surface area contributed by atoms with Crippen molar-refractivity contribution in [2.75, 3.05) is 0 Å². The molecule has 0 fully saturated rings. The fourth-order valence-electron chi connectivity index (χ4n) is 3.57. The zero-order valence-electron chi connectivity index (χ0n) is 19.0. The van der Waals surface area contributed by atoms with Gasteiger partial charge in [0, 0.05) is 0 Å². The molecule has 1 aliphatic rings. The van der Waals surface area contributed by atoms with Gasteiger partial charge in [-0.2, -0.15) is 0 Å². The lowest BCUT2D eigenvalue weighted by molar-refractivity contribution is -0.128. The van der Waals surface area contributed by atoms with E-state index in [1.54, 1.807) is 26.8 Å². The average molecular weight is 419 g/mol. The van der Waals surface area contributed by atoms with Crippen LogP contribution in [-0.4, -0.2) is 34.3 Å². The maximum atomic E-state index is 13.5. The average Bonchev–Trinajstić information content (AvgIpc) is 2.69. The van der Waals surface area contributed by atoms with Gasteiger partial charge in [0.25, 0.3) is 5.91 Å². The number of hydrogen-bond acceptors (Lipinski definition) is 4. The molecule has 2 amide bonds. The van der Waals surface area contributed by atoms with Crippen LogP contribution in [0.15, 0.2) is 65.3 Å². The lowest BCUT2D eigenvalue weighted by Gasteiger charge is -2.38. The highest BCUT2D eigenvalue weighted by atomic mass is 16.6. The third-order valence-electron chi connectivity index (χ3n) is 5.01. The Morgan fingerprint density at radius 2 is 1.68 bits per heavy atom. The van der Waals surface area contributed by atoms with Crippen LogP contribution in [0.2, 0.25) is 0 Å². The molecule has 1 unspecified atom stereocenters. The minimum absolute atomic E-state index is 0.0459. The molecule has 0 aromatic heterocycles. The van der Waals surface area contributed by atoms with E-state index >= 15 is 0 Å². The van der Waals surface area contributed by atoms with E-state index < -0.39 is 23.6 Å². The third-order valence-corrected chi connectivity index (χ3v) is 5.01. The number of hydrogen-bond donors (Lipinski definition) is 0. The van der Waals surface area contributed by atoms with E-state index in [-0.39, 0.29) is 11.6 Å². The van der Waals surface area contributed by atoms with Gasteiger partial charge in [-0.1, -0.05) is 68.4 Å². The Labute approximate surface area is 184 Å². The summed E-state index contributed by atoms with van der Waals surface area (Å²) >= 11 is 0. The van der Waals surface area contributed by atoms with E-state index in [1.807, 2.05) is 75.4 Å². The summed E-state index contributed by atoms with van der Waals surface area (Å²) in [5.41, 5.74) is 2.96. The topological polar surface area (TPSA) is 59.0 Å². The first-order valence-corrected chi connectivity index (χ1v) is 10.6. The molecule has 1 atom stereocenters. The second kappa shape index (κ2) is 8.88. The van der Waals surface area contributed by atoms with Crippen LogP contribution in [0.5, 0.6) is 0 Å². The Hall–Kier alpha value is -3.21. The highest BCUT2D eigenvalue weighted by Gasteiger charge is 2.43. The van der Waals surface area contributed by atoms with Gasteiger partial charge in [-0.25, -0.2) is 14.7 Å². The number of rotatable bonds is 3. The van der Waals surface area contributed by atoms with Gasteiger partial charge in [0.15, 0.2) is 0 Å². The van der Waals surface area contributed by atoms with E-state index in [0.29, 0.717) is 5.71 Å². The minimum Gasteiger partial charge on any atom is -0.443 e. The van der Waals surface area contributed by atoms with Crippen LogP contribution in [0.1, 0.15) is 51.3 Å². The van der Waals surface area contributed by atoms with Crippen LogP contribution in [-0.2, 0) is 9.53 Å². The number of amides is 2. The minimum atomic E-state index is -0.722. The molecule has 0 spiro atoms. The van der Waals surface area contributed by atoms with Crippen molar-refractivity contribution in [3.63, 3.8) is 0 Å². The molecule has 5 nitrogen and oxygen atoms in total. The summed E-state index contributed by atoms with van der Waals surface area (Å²) in [5, 5.41) is 0. The van der Waals surface area contributed by atoms with Gasteiger partial charge in [0.05, 0.1) is 11.8 Å². The van der Waals surface area contributed by atoms with Gasteiger partial charge in [-0.05, 0) is 56.4 Å². The van der Waals surface area contributed by atoms with Gasteiger partial charge in [0.2, 0.25) is 0 Å². The Bertz CT molecular complexity index is 1030. The fraction of sp³-hybridized carbons (Fsp3) is 0.346. The molecule has 0 bridgehead atoms. The molecule has 0 N–H and O–H groups in total. The highest BCUT2D eigenvalue weighted by Crippen LogP contribution is 2.29. The molecule has 0 aliphatic carbocycles. The third kappa shape index (κ3) is 5.10. The molecule has 0 radical (unpaired) electrons. The maximum Gasteiger partial charge on any atom is 0.418 e. The molecule has 1 aliphatic heterocycles. The van der Waals surface area contributed by atoms with E-state index in [9.17, 15) is 9.59 Å². The molecule has 0 saturated heterocycles. The molecule has 3 rings (SSSR count). The molecular weight excluding hydrogens is 388 g/mol. The largest absolute Gasteiger partial charge is 0.443 e. The van der Waals surface area contributed by atoms with Crippen LogP contribution in [0.3, 0.4) is 0 Å². The van der Waals surface area contributed by atoms with Crippen LogP contribution in [0.4, 0.5) is 4.79 Å². The second-order valence-corrected chi connectivity index (χ2v) is 9.09. The number of ether oxygens (including phenoxy) is 1. The van der Waals surface area contributed by atoms with Crippen molar-refractivity contribution in [2.45, 2.75) is 53.2 Å². The summed E-state index contributed by atoms with van der Waals surface area (Å²) in [7, 11) is 0. The SMILES string of the molecule is Cc1ccccc1/C=C1\N=C(c2ccccc2)C(C(C)C)N(C(=O)OC(C)(C)C)C1=O. The summed E-state index contributed by atoms with van der Waals surface area (Å²) in [6.45, 7) is 11.3. The summed E-state index contributed by atoms with van der Waals surface area (Å²) in [5.74, 6) is -0.494. The molecular formula is C26H30N2O3. The lowest BCUT2D eigenvalue weighted by Crippen LogP contribution is -2.55. The van der Waals surface area contributed by atoms with Gasteiger partial charge < -0.3 is 4.74 Å². The van der Waals surface area contributed by atoms with Crippen molar-refractivity contribution in [1.29, 1.82) is 0 Å². The first kappa shape index (κ1) is 22.5. The molecule has 5 heteroatoms. The summed E-state index contributed by atoms with van der Waals surface area (Å²) in [4.78, 5) is 32.7. The molecule has 2 aromatic carbocycles. The lowest BCUT2D eigenvalue weighted by atomic mass is 9.90. The quantitative estimate of drug-likeness (QED) is 0.607. The monoisotopic (exact) mass is 418 g/mol. The Morgan fingerprint density at radius 1 is 1.06 bits per heavy atom. The van der Waals surface area contributed by atoms with Gasteiger partial charge >= 0.3 is 6.09 Å². The van der Waals surface area contributed by atoms with Gasteiger partial charge in [-0.15, -0.1) is 0 Å². The number of aryl methyl sites for hydroxylation is 1. The van der Waals surface area contributed by atoms with Crippen LogP contribution in [0.25, 0.3) is 6.08 Å². The van der Waals surface area contributed by atoms with Crippen molar-refractivity contribution >= 4 is 23.8 Å². The smallest absolute Gasteiger partial charge is 0.418 e. The predicted octanol–water partition coefficient (Wildman–Crippen LogP) is 5.63. The van der Waals surface area contributed by atoms with Crippen molar-refractivity contribution in [3.8, 4) is 0 Å². The van der Waals surface area contributed by atoms with E-state index in [0.717, 1.165) is 16.7 Å². The normalized spacial score (nSPS) is 18.4. The van der Waals surface area contributed by atoms with Gasteiger partial charge in [0.1, 0.15) is 11.3 Å². The Morgan fingerprint density at radius 3 is 2.26 bits per heavy atom. The van der Waals surface area contributed by atoms with E-state index in [4.69, 9.17) is 9.73 Å². The summed E-state index contributed by atoms with van der Waals surface area (Å²) < 4.78 is 5.62. The molecule has 162 valence electrons. The van der Waals surface area contributed by atoms with Crippen molar-refractivity contribution < 1.29 is 14.3 Å². The van der Waals surface area contributed by atoms with Gasteiger partial charge in [-0.3, -0.25) is 4.79 Å². The molecule has 31 heavy (non-hydrogen) atoms. The van der Waals surface area contributed by atoms with Crippen molar-refractivity contribution in [2.24, 2.45) is 10.9 Å². The number of carbonyl (C=O) groups is 2. The summed E-state index contributed by atoms with van der Waals surface area (Å²) in [6, 6.07) is 16.9. The highest BCUT2D eigenvalue weighted by molar-refractivity contribution is 6.18. The number of aliphatic imine (C=N–C) groups is 1. The standard InChI is InChI=1S/C26H30N2O3/c1-17(2)23-22(19-13-8-7-9-14-19)27-21(16-20-15-11-10-12-18(20)3)24(29)28(23)25(30)31-26(4,5)6/h7-17,23H,1-6H3/b21-16-. The zero-order chi connectivity index (χ0) is 22.8. The molecule has 1 heterocycles. The summed E-state index contributed by atoms with van der Waals surface area (Å²) in [6.07, 6.45) is 1.09. The van der Waals surface area contributed by atoms with Crippen LogP contribution >= 0.6 is 0 Å². The van der Waals surface area contributed by atoms with Crippen LogP contribution < -0.4 is 0 Å². The predicted molar refractivity (Wildman–Crippen MR) is 124 cm³/mol. The molecule has 2 aromatic rings. The Kier molecular flexibility index (Phi) is 6.44. The number of benzene rings is 2. The first-order valence-electron chi connectivity index (χ1n) is 10.6. The van der Waals surface area contributed by atoms with Crippen LogP contribution in [0, 0.1) is 12.8 Å². The fourth-order valence-corrected chi connectivity index (χ4v) is 3.57. The van der Waals surface area contributed by atoms with Crippen molar-refractivity contribution in [3.05, 3.63) is 77.0 Å². The van der Waals surface area contributed by atoms with E-state index in [2.05, 4.69) is 0 Å². The molecule has 0 saturated carbocycles.